The van der Waals surface area contributed by atoms with E-state index in [1.807, 2.05) is 13.8 Å². The van der Waals surface area contributed by atoms with Crippen molar-refractivity contribution in [1.29, 1.82) is 0 Å². The molecule has 0 unspecified atom stereocenters. The molecular weight excluding hydrogens is 533 g/mol. The predicted octanol–water partition coefficient (Wildman–Crippen LogP) is 4.99. The highest BCUT2D eigenvalue weighted by atomic mass is 35.5. The van der Waals surface area contributed by atoms with Gasteiger partial charge in [-0.2, -0.15) is 0 Å². The average molecular weight is 563 g/mol. The Morgan fingerprint density at radius 3 is 2.26 bits per heavy atom. The molecule has 0 fully saturated rings. The third-order valence-corrected chi connectivity index (χ3v) is 7.27. The van der Waals surface area contributed by atoms with Crippen LogP contribution in [0.4, 0.5) is 5.69 Å². The van der Waals surface area contributed by atoms with E-state index in [9.17, 15) is 18.0 Å². The fourth-order valence-electron chi connectivity index (χ4n) is 3.42. The van der Waals surface area contributed by atoms with Crippen molar-refractivity contribution < 1.29 is 18.0 Å². The zero-order valence-electron chi connectivity index (χ0n) is 20.1. The fourth-order valence-corrected chi connectivity index (χ4v) is 4.91. The van der Waals surface area contributed by atoms with Gasteiger partial charge in [0.25, 0.3) is 0 Å². The SMILES string of the molecule is CC[C@@H](C(=O)NCC(C)C)N(Cc1ccccc1Cl)C(=O)CN(c1cc(Cl)ccc1Cl)S(C)(=O)=O. The quantitative estimate of drug-likeness (QED) is 0.418. The van der Waals surface area contributed by atoms with Crippen LogP contribution in [-0.2, 0) is 26.2 Å². The number of hydrogen-bond acceptors (Lipinski definition) is 4. The maximum absolute atomic E-state index is 13.6. The number of nitrogens with zero attached hydrogens (tertiary/aromatic N) is 2. The van der Waals surface area contributed by atoms with Gasteiger partial charge in [-0.25, -0.2) is 8.42 Å². The van der Waals surface area contributed by atoms with E-state index in [4.69, 9.17) is 34.8 Å². The van der Waals surface area contributed by atoms with Crippen molar-refractivity contribution in [3.05, 3.63) is 63.1 Å². The van der Waals surface area contributed by atoms with Crippen LogP contribution in [0.1, 0.15) is 32.8 Å². The highest BCUT2D eigenvalue weighted by Gasteiger charge is 2.32. The molecule has 1 atom stereocenters. The average Bonchev–Trinajstić information content (AvgIpc) is 2.78. The molecule has 0 saturated carbocycles. The van der Waals surface area contributed by atoms with Crippen molar-refractivity contribution in [3.63, 3.8) is 0 Å². The Morgan fingerprint density at radius 1 is 1.03 bits per heavy atom. The van der Waals surface area contributed by atoms with Crippen molar-refractivity contribution in [2.45, 2.75) is 39.8 Å². The predicted molar refractivity (Wildman–Crippen MR) is 143 cm³/mol. The third kappa shape index (κ3) is 8.27. The van der Waals surface area contributed by atoms with Gasteiger partial charge in [0, 0.05) is 23.1 Å². The monoisotopic (exact) mass is 561 g/mol. The lowest BCUT2D eigenvalue weighted by Crippen LogP contribution is -2.52. The van der Waals surface area contributed by atoms with E-state index in [0.29, 0.717) is 23.6 Å². The molecule has 7 nitrogen and oxygen atoms in total. The van der Waals surface area contributed by atoms with E-state index in [-0.39, 0.29) is 34.1 Å². The first-order valence-corrected chi connectivity index (χ1v) is 14.1. The van der Waals surface area contributed by atoms with E-state index in [1.165, 1.54) is 23.1 Å². The van der Waals surface area contributed by atoms with Crippen molar-refractivity contribution >= 4 is 62.3 Å². The van der Waals surface area contributed by atoms with Gasteiger partial charge in [0.05, 0.1) is 17.0 Å². The first-order chi connectivity index (χ1) is 16.3. The van der Waals surface area contributed by atoms with Crippen LogP contribution in [0.25, 0.3) is 0 Å². The summed E-state index contributed by atoms with van der Waals surface area (Å²) >= 11 is 18.7. The Balaban J connectivity index is 2.48. The van der Waals surface area contributed by atoms with Gasteiger partial charge in [0.15, 0.2) is 0 Å². The molecule has 0 aliphatic carbocycles. The van der Waals surface area contributed by atoms with Crippen LogP contribution >= 0.6 is 34.8 Å². The van der Waals surface area contributed by atoms with E-state index in [1.54, 1.807) is 31.2 Å². The molecule has 0 aliphatic heterocycles. The molecule has 2 amide bonds. The maximum atomic E-state index is 13.6. The van der Waals surface area contributed by atoms with Gasteiger partial charge >= 0.3 is 0 Å². The summed E-state index contributed by atoms with van der Waals surface area (Å²) in [4.78, 5) is 28.0. The summed E-state index contributed by atoms with van der Waals surface area (Å²) in [5.74, 6) is -0.693. The topological polar surface area (TPSA) is 86.8 Å². The number of hydrogen-bond donors (Lipinski definition) is 1. The molecule has 35 heavy (non-hydrogen) atoms. The molecule has 0 aromatic heterocycles. The summed E-state index contributed by atoms with van der Waals surface area (Å²) < 4.78 is 26.2. The second-order valence-corrected chi connectivity index (χ2v) is 11.7. The molecule has 0 bridgehead atoms. The number of halogens is 3. The van der Waals surface area contributed by atoms with Gasteiger partial charge in [0.2, 0.25) is 21.8 Å². The Hall–Kier alpha value is -2.00. The third-order valence-electron chi connectivity index (χ3n) is 5.23. The molecule has 0 heterocycles. The Bertz CT molecular complexity index is 1160. The van der Waals surface area contributed by atoms with Crippen LogP contribution in [-0.4, -0.2) is 50.5 Å². The number of rotatable bonds is 11. The van der Waals surface area contributed by atoms with Crippen molar-refractivity contribution in [3.8, 4) is 0 Å². The number of sulfonamides is 1. The smallest absolute Gasteiger partial charge is 0.244 e. The van der Waals surface area contributed by atoms with Crippen LogP contribution < -0.4 is 9.62 Å². The van der Waals surface area contributed by atoms with E-state index < -0.39 is 28.5 Å². The van der Waals surface area contributed by atoms with Gasteiger partial charge in [-0.15, -0.1) is 0 Å². The molecule has 192 valence electrons. The zero-order valence-corrected chi connectivity index (χ0v) is 23.2. The van der Waals surface area contributed by atoms with Gasteiger partial charge in [-0.05, 0) is 42.2 Å². The second-order valence-electron chi connectivity index (χ2n) is 8.54. The minimum absolute atomic E-state index is 0.0208. The number of anilines is 1. The summed E-state index contributed by atoms with van der Waals surface area (Å²) in [5.41, 5.74) is 0.703. The zero-order chi connectivity index (χ0) is 26.3. The highest BCUT2D eigenvalue weighted by molar-refractivity contribution is 7.92. The summed E-state index contributed by atoms with van der Waals surface area (Å²) in [6.45, 7) is 5.61. The molecule has 0 radical (unpaired) electrons. The Kier molecular flexibility index (Phi) is 10.7. The number of nitrogens with one attached hydrogen (secondary N) is 1. The molecule has 2 rings (SSSR count). The van der Waals surface area contributed by atoms with Crippen molar-refractivity contribution in [2.24, 2.45) is 5.92 Å². The highest BCUT2D eigenvalue weighted by Crippen LogP contribution is 2.31. The van der Waals surface area contributed by atoms with Crippen LogP contribution in [0.2, 0.25) is 15.1 Å². The Morgan fingerprint density at radius 2 is 1.69 bits per heavy atom. The van der Waals surface area contributed by atoms with Crippen LogP contribution in [0.3, 0.4) is 0 Å². The maximum Gasteiger partial charge on any atom is 0.244 e. The number of benzene rings is 2. The molecule has 0 aliphatic rings. The van der Waals surface area contributed by atoms with Crippen molar-refractivity contribution in [1.82, 2.24) is 10.2 Å². The largest absolute Gasteiger partial charge is 0.354 e. The lowest BCUT2D eigenvalue weighted by Gasteiger charge is -2.33. The number of carbonyl (C=O) groups excluding carboxylic acids is 2. The number of amides is 2. The first kappa shape index (κ1) is 29.2. The molecule has 2 aromatic carbocycles. The molecule has 0 spiro atoms. The first-order valence-electron chi connectivity index (χ1n) is 11.1. The van der Waals surface area contributed by atoms with E-state index >= 15 is 0 Å². The second kappa shape index (κ2) is 12.8. The Labute approximate surface area is 222 Å². The van der Waals surface area contributed by atoms with E-state index in [2.05, 4.69) is 5.32 Å². The van der Waals surface area contributed by atoms with Crippen LogP contribution in [0.5, 0.6) is 0 Å². The summed E-state index contributed by atoms with van der Waals surface area (Å²) in [6.07, 6.45) is 1.29. The minimum atomic E-state index is -3.92. The van der Waals surface area contributed by atoms with Gasteiger partial charge < -0.3 is 10.2 Å². The molecule has 1 N–H and O–H groups in total. The van der Waals surface area contributed by atoms with Gasteiger partial charge in [-0.3, -0.25) is 13.9 Å². The van der Waals surface area contributed by atoms with Crippen molar-refractivity contribution in [2.75, 3.05) is 23.7 Å². The summed E-state index contributed by atoms with van der Waals surface area (Å²) in [6, 6.07) is 10.5. The van der Waals surface area contributed by atoms with E-state index in [0.717, 1.165) is 10.6 Å². The standard InChI is InChI=1S/C24H30Cl3N3O4S/c1-5-21(24(32)28-13-16(2)3)29(14-17-8-6-7-9-19(17)26)23(31)15-30(35(4,33)34)22-12-18(25)10-11-20(22)27/h6-12,16,21H,5,13-15H2,1-4H3,(H,28,32)/t21-/m0/s1. The fraction of sp³-hybridized carbons (Fsp3) is 0.417. The molecule has 2 aromatic rings. The van der Waals surface area contributed by atoms with Gasteiger partial charge in [0.1, 0.15) is 12.6 Å². The van der Waals surface area contributed by atoms with Gasteiger partial charge in [-0.1, -0.05) is 73.8 Å². The summed E-state index contributed by atoms with van der Waals surface area (Å²) in [7, 11) is -3.92. The summed E-state index contributed by atoms with van der Waals surface area (Å²) in [5, 5.41) is 3.68. The normalized spacial score (nSPS) is 12.3. The van der Waals surface area contributed by atoms with Crippen LogP contribution in [0.15, 0.2) is 42.5 Å². The number of carbonyl (C=O) groups is 2. The van der Waals surface area contributed by atoms with Crippen LogP contribution in [0, 0.1) is 5.92 Å². The molecule has 11 heteroatoms. The lowest BCUT2D eigenvalue weighted by molar-refractivity contribution is -0.140. The molecule has 0 saturated heterocycles. The molecular formula is C24H30Cl3N3O4S. The minimum Gasteiger partial charge on any atom is -0.354 e. The lowest BCUT2D eigenvalue weighted by atomic mass is 10.1.